The van der Waals surface area contributed by atoms with Gasteiger partial charge in [-0.2, -0.15) is 13.2 Å². The van der Waals surface area contributed by atoms with Crippen LogP contribution in [0, 0.1) is 27.7 Å². The van der Waals surface area contributed by atoms with Gasteiger partial charge >= 0.3 is 6.18 Å². The smallest absolute Gasteiger partial charge is 0.309 e. The summed E-state index contributed by atoms with van der Waals surface area (Å²) in [5, 5.41) is 3.56. The van der Waals surface area contributed by atoms with Crippen LogP contribution in [0.5, 0.6) is 0 Å². The van der Waals surface area contributed by atoms with Gasteiger partial charge in [-0.15, -0.1) is 0 Å². The van der Waals surface area contributed by atoms with E-state index in [0.29, 0.717) is 74.9 Å². The molecule has 0 radical (unpaired) electrons. The first-order valence-corrected chi connectivity index (χ1v) is 24.6. The Morgan fingerprint density at radius 1 is 0.316 bits per heavy atom. The second-order valence-electron chi connectivity index (χ2n) is 18.7. The Labute approximate surface area is 433 Å². The average Bonchev–Trinajstić information content (AvgIpc) is 4.07. The van der Waals surface area contributed by atoms with E-state index >= 15 is 13.2 Å². The van der Waals surface area contributed by atoms with Gasteiger partial charge in [0, 0.05) is 60.6 Å². The minimum absolute atomic E-state index is 0.0418. The average molecular weight is 998 g/mol. The summed E-state index contributed by atoms with van der Waals surface area (Å²) in [5.41, 5.74) is 7.22. The lowest BCUT2D eigenvalue weighted by Crippen LogP contribution is -2.10. The zero-order valence-corrected chi connectivity index (χ0v) is 41.4. The molecule has 5 heterocycles. The van der Waals surface area contributed by atoms with Crippen LogP contribution in [0.2, 0.25) is 0 Å². The van der Waals surface area contributed by atoms with Crippen molar-refractivity contribution >= 4 is 43.6 Å². The molecule has 0 aliphatic rings. The van der Waals surface area contributed by atoms with Crippen LogP contribution in [-0.2, 0) is 6.18 Å². The van der Waals surface area contributed by atoms with Crippen molar-refractivity contribution in [2.24, 2.45) is 0 Å². The normalized spacial score (nSPS) is 11.9. The number of hydrogen-bond acceptors (Lipinski definition) is 9. The monoisotopic (exact) mass is 997 g/mol. The predicted octanol–water partition coefficient (Wildman–Crippen LogP) is 14.7. The summed E-state index contributed by atoms with van der Waals surface area (Å²) in [6.07, 6.45) is -4.78. The van der Waals surface area contributed by atoms with Crippen molar-refractivity contribution in [1.82, 2.24) is 54.0 Å². The van der Waals surface area contributed by atoms with Crippen LogP contribution in [0.15, 0.2) is 182 Å². The highest BCUT2D eigenvalue weighted by molar-refractivity contribution is 6.12. The summed E-state index contributed by atoms with van der Waals surface area (Å²) in [6, 6.07) is 56.8. The molecule has 8 aromatic carbocycles. The molecule has 76 heavy (non-hydrogen) atoms. The molecule has 14 heteroatoms. The van der Waals surface area contributed by atoms with Gasteiger partial charge in [0.15, 0.2) is 29.1 Å². The van der Waals surface area contributed by atoms with Gasteiger partial charge in [-0.1, -0.05) is 97.1 Å². The molecular formula is C62H42F3N11. The fourth-order valence-corrected chi connectivity index (χ4v) is 10.4. The van der Waals surface area contributed by atoms with Crippen molar-refractivity contribution in [1.29, 1.82) is 0 Å². The van der Waals surface area contributed by atoms with Gasteiger partial charge in [0.2, 0.25) is 0 Å². The largest absolute Gasteiger partial charge is 0.417 e. The van der Waals surface area contributed by atoms with E-state index in [1.807, 2.05) is 195 Å². The van der Waals surface area contributed by atoms with Crippen LogP contribution in [0.3, 0.4) is 0 Å². The first kappa shape index (κ1) is 46.0. The molecule has 0 atom stereocenters. The molecule has 0 N–H and O–H groups in total. The standard InChI is InChI=1S/C62H42F3N11/c1-35-66-36(2)69-59(68-35)41-23-28-54-48(31-41)45-19-11-13-21-52(45)75(54)44-26-27-51(62(63,64)65)47(34-44)50-33-43(61-73-57(39-15-7-5-8-16-39)72-58(74-61)40-17-9-6-10-18-40)25-30-56(50)76-53-22-14-12-20-46(53)49-32-42(24-29-55(49)76)60-70-37(3)67-38(4)71-60/h5-34H,1-4H3. The molecule has 0 aliphatic heterocycles. The Hall–Kier alpha value is -9.82. The van der Waals surface area contributed by atoms with Crippen molar-refractivity contribution in [2.45, 2.75) is 33.9 Å². The molecule has 13 rings (SSSR count). The summed E-state index contributed by atoms with van der Waals surface area (Å²) >= 11 is 0. The third kappa shape index (κ3) is 8.07. The maximum absolute atomic E-state index is 16.0. The molecule has 0 aliphatic carbocycles. The molecule has 0 spiro atoms. The Kier molecular flexibility index (Phi) is 10.9. The molecule has 0 amide bonds. The van der Waals surface area contributed by atoms with E-state index in [-0.39, 0.29) is 5.56 Å². The summed E-state index contributed by atoms with van der Waals surface area (Å²) < 4.78 is 52.2. The number of hydrogen-bond donors (Lipinski definition) is 0. The lowest BCUT2D eigenvalue weighted by molar-refractivity contribution is -0.137. The van der Waals surface area contributed by atoms with Crippen molar-refractivity contribution in [2.75, 3.05) is 0 Å². The molecule has 0 saturated carbocycles. The Morgan fingerprint density at radius 2 is 0.724 bits per heavy atom. The number of fused-ring (bicyclic) bond motifs is 6. The zero-order valence-electron chi connectivity index (χ0n) is 41.4. The van der Waals surface area contributed by atoms with E-state index in [2.05, 4.69) is 29.9 Å². The van der Waals surface area contributed by atoms with Crippen LogP contribution < -0.4 is 0 Å². The Bertz CT molecular complexity index is 4360. The number of rotatable bonds is 8. The first-order valence-electron chi connectivity index (χ1n) is 24.6. The van der Waals surface area contributed by atoms with Gasteiger partial charge in [0.1, 0.15) is 23.3 Å². The molecule has 13 aromatic rings. The number of halogens is 3. The Morgan fingerprint density at radius 3 is 1.24 bits per heavy atom. The topological polar surface area (TPSA) is 126 Å². The number of aromatic nitrogens is 11. The SMILES string of the molecule is Cc1nc(C)nc(-c2ccc3c(c2)c2ccccc2n3-c2ccc(C(F)(F)F)c(-c3cc(-c4nc(-c5ccccc5)nc(-c5ccccc5)n4)ccc3-n3c4ccccc4c4cc(-c5nc(C)nc(C)n5)ccc43)c2)n1. The minimum atomic E-state index is -4.78. The van der Waals surface area contributed by atoms with Crippen LogP contribution in [0.1, 0.15) is 28.9 Å². The van der Waals surface area contributed by atoms with Gasteiger partial charge in [-0.05, 0) is 118 Å². The van der Waals surface area contributed by atoms with Crippen LogP contribution in [-0.4, -0.2) is 54.0 Å². The van der Waals surface area contributed by atoms with E-state index in [0.717, 1.165) is 65.9 Å². The highest BCUT2D eigenvalue weighted by Gasteiger charge is 2.35. The second kappa shape index (κ2) is 18.0. The third-order valence-corrected chi connectivity index (χ3v) is 13.6. The predicted molar refractivity (Wildman–Crippen MR) is 292 cm³/mol. The van der Waals surface area contributed by atoms with Crippen LogP contribution in [0.25, 0.3) is 123 Å². The Balaban J connectivity index is 1.09. The van der Waals surface area contributed by atoms with Gasteiger partial charge < -0.3 is 9.13 Å². The lowest BCUT2D eigenvalue weighted by atomic mass is 9.94. The second-order valence-corrected chi connectivity index (χ2v) is 18.7. The van der Waals surface area contributed by atoms with Gasteiger partial charge in [-0.3, -0.25) is 0 Å². The molecule has 0 saturated heterocycles. The summed E-state index contributed by atoms with van der Waals surface area (Å²) in [6.45, 7) is 7.32. The van der Waals surface area contributed by atoms with E-state index in [1.54, 1.807) is 18.2 Å². The zero-order chi connectivity index (χ0) is 51.8. The number of aryl methyl sites for hydroxylation is 4. The van der Waals surface area contributed by atoms with Crippen molar-refractivity contribution in [3.63, 3.8) is 0 Å². The summed E-state index contributed by atoms with van der Waals surface area (Å²) in [4.78, 5) is 42.3. The maximum atomic E-state index is 16.0. The summed E-state index contributed by atoms with van der Waals surface area (Å²) in [5.74, 6) is 4.59. The van der Waals surface area contributed by atoms with Crippen molar-refractivity contribution in [3.05, 3.63) is 211 Å². The fourth-order valence-electron chi connectivity index (χ4n) is 10.4. The number of nitrogens with zero attached hydrogens (tertiary/aromatic N) is 11. The molecule has 0 bridgehead atoms. The number of alkyl halides is 3. The molecule has 5 aromatic heterocycles. The van der Waals surface area contributed by atoms with Crippen LogP contribution >= 0.6 is 0 Å². The summed E-state index contributed by atoms with van der Waals surface area (Å²) in [7, 11) is 0. The van der Waals surface area contributed by atoms with E-state index in [9.17, 15) is 0 Å². The van der Waals surface area contributed by atoms with E-state index in [1.165, 1.54) is 6.07 Å². The lowest BCUT2D eigenvalue weighted by Gasteiger charge is -2.21. The highest BCUT2D eigenvalue weighted by Crippen LogP contribution is 2.45. The molecular weight excluding hydrogens is 956 g/mol. The molecule has 0 fully saturated rings. The van der Waals surface area contributed by atoms with E-state index < -0.39 is 11.7 Å². The molecule has 11 nitrogen and oxygen atoms in total. The van der Waals surface area contributed by atoms with Crippen LogP contribution in [0.4, 0.5) is 13.2 Å². The van der Waals surface area contributed by atoms with Gasteiger partial charge in [0.25, 0.3) is 0 Å². The third-order valence-electron chi connectivity index (χ3n) is 13.6. The highest BCUT2D eigenvalue weighted by atomic mass is 19.4. The number of benzene rings is 8. The quantitative estimate of drug-likeness (QED) is 0.146. The van der Waals surface area contributed by atoms with E-state index in [4.69, 9.17) is 15.0 Å². The minimum Gasteiger partial charge on any atom is -0.309 e. The van der Waals surface area contributed by atoms with Gasteiger partial charge in [-0.25, -0.2) is 44.9 Å². The molecule has 366 valence electrons. The maximum Gasteiger partial charge on any atom is 0.417 e. The first-order chi connectivity index (χ1) is 36.9. The van der Waals surface area contributed by atoms with Crippen molar-refractivity contribution < 1.29 is 13.2 Å². The number of para-hydroxylation sites is 2. The van der Waals surface area contributed by atoms with Crippen molar-refractivity contribution in [3.8, 4) is 79.4 Å². The van der Waals surface area contributed by atoms with Gasteiger partial charge in [0.05, 0.1) is 33.3 Å². The molecule has 0 unspecified atom stereocenters. The fraction of sp³-hybridized carbons (Fsp3) is 0.0806.